The molecule has 2 heterocycles. The summed E-state index contributed by atoms with van der Waals surface area (Å²) >= 11 is 3.57. The van der Waals surface area contributed by atoms with Gasteiger partial charge in [-0.05, 0) is 67.0 Å². The maximum absolute atomic E-state index is 12.6. The van der Waals surface area contributed by atoms with Crippen molar-refractivity contribution < 1.29 is 4.79 Å². The van der Waals surface area contributed by atoms with Gasteiger partial charge < -0.3 is 5.32 Å². The number of benzene rings is 1. The molecule has 1 aliphatic heterocycles. The zero-order valence-electron chi connectivity index (χ0n) is 13.9. The molecule has 2 aliphatic rings. The first-order chi connectivity index (χ1) is 11.7. The van der Waals surface area contributed by atoms with E-state index in [0.29, 0.717) is 0 Å². The second kappa shape index (κ2) is 6.77. The van der Waals surface area contributed by atoms with Crippen LogP contribution >= 0.6 is 23.1 Å². The number of hydrogen-bond donors (Lipinski definition) is 1. The van der Waals surface area contributed by atoms with E-state index in [4.69, 9.17) is 0 Å². The average molecular weight is 356 g/mol. The van der Waals surface area contributed by atoms with Gasteiger partial charge in [0.25, 0.3) is 5.91 Å². The molecule has 24 heavy (non-hydrogen) atoms. The summed E-state index contributed by atoms with van der Waals surface area (Å²) < 4.78 is 0. The topological polar surface area (TPSA) is 29.1 Å². The summed E-state index contributed by atoms with van der Waals surface area (Å²) in [4.78, 5) is 16.3. The quantitative estimate of drug-likeness (QED) is 0.797. The Balaban J connectivity index is 1.53. The van der Waals surface area contributed by atoms with Gasteiger partial charge in [0, 0.05) is 21.2 Å². The number of carbonyl (C=O) groups is 1. The van der Waals surface area contributed by atoms with Gasteiger partial charge in [0.2, 0.25) is 0 Å². The summed E-state index contributed by atoms with van der Waals surface area (Å²) in [5.74, 6) is 0.955. The lowest BCUT2D eigenvalue weighted by Gasteiger charge is -2.16. The molecule has 0 saturated heterocycles. The Morgan fingerprint density at radius 2 is 1.92 bits per heavy atom. The molecular formula is C20H21NOS2. The van der Waals surface area contributed by atoms with E-state index in [1.165, 1.54) is 41.7 Å². The first kappa shape index (κ1) is 16.0. The number of carbonyl (C=O) groups excluding carboxylic acids is 1. The lowest BCUT2D eigenvalue weighted by molar-refractivity contribution is -0.112. The SMILES string of the molecule is CCc1ccc(NC(=O)C2=Cc3sc4c(c3CS2)CCCC4)cc1. The minimum atomic E-state index is 0.0151. The van der Waals surface area contributed by atoms with E-state index in [2.05, 4.69) is 30.4 Å². The fourth-order valence-corrected chi connectivity index (χ4v) is 5.92. The molecule has 1 aromatic heterocycles. The minimum absolute atomic E-state index is 0.0151. The van der Waals surface area contributed by atoms with E-state index in [-0.39, 0.29) is 5.91 Å². The molecule has 124 valence electrons. The number of amides is 1. The molecular weight excluding hydrogens is 334 g/mol. The summed E-state index contributed by atoms with van der Waals surface area (Å²) in [5, 5.41) is 3.03. The van der Waals surface area contributed by atoms with E-state index < -0.39 is 0 Å². The van der Waals surface area contributed by atoms with Gasteiger partial charge in [0.1, 0.15) is 0 Å². The lowest BCUT2D eigenvalue weighted by atomic mass is 9.95. The number of rotatable bonds is 3. The summed E-state index contributed by atoms with van der Waals surface area (Å²) in [6.45, 7) is 2.13. The van der Waals surface area contributed by atoms with Crippen LogP contribution in [0.15, 0.2) is 29.2 Å². The lowest BCUT2D eigenvalue weighted by Crippen LogP contribution is -2.14. The molecule has 0 radical (unpaired) electrons. The maximum Gasteiger partial charge on any atom is 0.262 e. The summed E-state index contributed by atoms with van der Waals surface area (Å²) in [5.41, 5.74) is 5.23. The monoisotopic (exact) mass is 355 g/mol. The first-order valence-electron chi connectivity index (χ1n) is 8.63. The predicted octanol–water partition coefficient (Wildman–Crippen LogP) is 5.42. The van der Waals surface area contributed by atoms with Crippen LogP contribution in [0, 0.1) is 0 Å². The molecule has 2 nitrogen and oxygen atoms in total. The Labute approximate surface area is 151 Å². The van der Waals surface area contributed by atoms with Crippen LogP contribution in [0.3, 0.4) is 0 Å². The van der Waals surface area contributed by atoms with Gasteiger partial charge in [-0.15, -0.1) is 23.1 Å². The van der Waals surface area contributed by atoms with E-state index in [0.717, 1.165) is 22.8 Å². The molecule has 4 rings (SSSR count). The number of thiophene rings is 1. The molecule has 0 atom stereocenters. The highest BCUT2D eigenvalue weighted by Crippen LogP contribution is 2.42. The van der Waals surface area contributed by atoms with Crippen molar-refractivity contribution in [2.45, 2.75) is 44.8 Å². The number of thioether (sulfide) groups is 1. The van der Waals surface area contributed by atoms with Gasteiger partial charge in [-0.1, -0.05) is 19.1 Å². The van der Waals surface area contributed by atoms with Crippen LogP contribution in [0.5, 0.6) is 0 Å². The van der Waals surface area contributed by atoms with E-state index in [1.807, 2.05) is 23.5 Å². The normalized spacial score (nSPS) is 16.1. The predicted molar refractivity (Wildman–Crippen MR) is 105 cm³/mol. The highest BCUT2D eigenvalue weighted by Gasteiger charge is 2.25. The number of hydrogen-bond acceptors (Lipinski definition) is 3. The Kier molecular flexibility index (Phi) is 4.51. The van der Waals surface area contributed by atoms with Crippen LogP contribution in [0.2, 0.25) is 0 Å². The van der Waals surface area contributed by atoms with Crippen LogP contribution in [0.4, 0.5) is 5.69 Å². The van der Waals surface area contributed by atoms with E-state index >= 15 is 0 Å². The fraction of sp³-hybridized carbons (Fsp3) is 0.350. The maximum atomic E-state index is 12.6. The molecule has 0 unspecified atom stereocenters. The summed E-state index contributed by atoms with van der Waals surface area (Å²) in [6, 6.07) is 8.12. The zero-order valence-corrected chi connectivity index (χ0v) is 15.5. The molecule has 1 aliphatic carbocycles. The molecule has 0 fully saturated rings. The Bertz CT molecular complexity index is 802. The van der Waals surface area contributed by atoms with Crippen molar-refractivity contribution >= 4 is 40.8 Å². The molecule has 4 heteroatoms. The number of fused-ring (bicyclic) bond motifs is 3. The minimum Gasteiger partial charge on any atom is -0.322 e. The highest BCUT2D eigenvalue weighted by molar-refractivity contribution is 8.03. The standard InChI is InChI=1S/C20H21NOS2/c1-2-13-7-9-14(10-8-13)21-20(22)19-11-18-16(12-23-19)15-5-3-4-6-17(15)24-18/h7-11H,2-6,12H2,1H3,(H,21,22). The van der Waals surface area contributed by atoms with E-state index in [1.54, 1.807) is 22.2 Å². The smallest absolute Gasteiger partial charge is 0.262 e. The van der Waals surface area contributed by atoms with Crippen LogP contribution in [-0.2, 0) is 29.8 Å². The average Bonchev–Trinajstić information content (AvgIpc) is 3.00. The third-order valence-corrected chi connectivity index (χ3v) is 7.12. The van der Waals surface area contributed by atoms with Crippen molar-refractivity contribution in [3.05, 3.63) is 55.6 Å². The van der Waals surface area contributed by atoms with Crippen molar-refractivity contribution in [2.75, 3.05) is 5.32 Å². The van der Waals surface area contributed by atoms with E-state index in [9.17, 15) is 4.79 Å². The highest BCUT2D eigenvalue weighted by atomic mass is 32.2. The van der Waals surface area contributed by atoms with Gasteiger partial charge in [0.15, 0.2) is 0 Å². The van der Waals surface area contributed by atoms with Crippen LogP contribution < -0.4 is 5.32 Å². The second-order valence-corrected chi connectivity index (χ2v) is 8.51. The Morgan fingerprint density at radius 3 is 2.71 bits per heavy atom. The third kappa shape index (κ3) is 3.05. The van der Waals surface area contributed by atoms with Crippen molar-refractivity contribution in [3.8, 4) is 0 Å². The van der Waals surface area contributed by atoms with Gasteiger partial charge in [0.05, 0.1) is 4.91 Å². The number of anilines is 1. The second-order valence-electron chi connectivity index (χ2n) is 6.36. The van der Waals surface area contributed by atoms with Crippen LogP contribution in [0.25, 0.3) is 6.08 Å². The van der Waals surface area contributed by atoms with Crippen LogP contribution in [-0.4, -0.2) is 5.91 Å². The molecule has 0 spiro atoms. The zero-order chi connectivity index (χ0) is 16.5. The molecule has 1 amide bonds. The molecule has 1 aromatic carbocycles. The summed E-state index contributed by atoms with van der Waals surface area (Å²) in [7, 11) is 0. The van der Waals surface area contributed by atoms with Gasteiger partial charge in [-0.3, -0.25) is 4.79 Å². The molecule has 0 saturated carbocycles. The summed E-state index contributed by atoms with van der Waals surface area (Å²) in [6.07, 6.45) is 8.18. The van der Waals surface area contributed by atoms with Gasteiger partial charge in [-0.2, -0.15) is 0 Å². The Morgan fingerprint density at radius 1 is 1.12 bits per heavy atom. The Hall–Kier alpha value is -1.52. The van der Waals surface area contributed by atoms with Gasteiger partial charge >= 0.3 is 0 Å². The van der Waals surface area contributed by atoms with Gasteiger partial charge in [-0.25, -0.2) is 0 Å². The number of aryl methyl sites for hydroxylation is 2. The van der Waals surface area contributed by atoms with Crippen molar-refractivity contribution in [1.82, 2.24) is 0 Å². The van der Waals surface area contributed by atoms with Crippen LogP contribution in [0.1, 0.15) is 46.2 Å². The molecule has 1 N–H and O–H groups in total. The fourth-order valence-electron chi connectivity index (χ4n) is 3.39. The van der Waals surface area contributed by atoms with Crippen molar-refractivity contribution in [3.63, 3.8) is 0 Å². The molecule has 2 aromatic rings. The van der Waals surface area contributed by atoms with Crippen molar-refractivity contribution in [2.24, 2.45) is 0 Å². The first-order valence-corrected chi connectivity index (χ1v) is 10.4. The third-order valence-electron chi connectivity index (χ3n) is 4.79. The largest absolute Gasteiger partial charge is 0.322 e. The number of nitrogens with one attached hydrogen (secondary N) is 1. The van der Waals surface area contributed by atoms with Crippen molar-refractivity contribution in [1.29, 1.82) is 0 Å². The molecule has 0 bridgehead atoms.